The van der Waals surface area contributed by atoms with Crippen molar-refractivity contribution in [1.29, 1.82) is 0 Å². The van der Waals surface area contributed by atoms with Gasteiger partial charge in [0.15, 0.2) is 0 Å². The maximum absolute atomic E-state index is 12.5. The molecule has 4 nitrogen and oxygen atoms in total. The van der Waals surface area contributed by atoms with Gasteiger partial charge in [-0.3, -0.25) is 4.79 Å². The summed E-state index contributed by atoms with van der Waals surface area (Å²) in [5.41, 5.74) is 0.117. The number of hydrogen-bond acceptors (Lipinski definition) is 4. The summed E-state index contributed by atoms with van der Waals surface area (Å²) in [6.45, 7) is 2.17. The topological polar surface area (TPSA) is 62.2 Å². The van der Waals surface area contributed by atoms with Crippen LogP contribution < -0.4 is 5.32 Å². The summed E-state index contributed by atoms with van der Waals surface area (Å²) in [7, 11) is 0. The van der Waals surface area contributed by atoms with Crippen LogP contribution in [0.25, 0.3) is 0 Å². The van der Waals surface area contributed by atoms with Gasteiger partial charge in [0.05, 0.1) is 17.7 Å². The third kappa shape index (κ3) is 3.33. The van der Waals surface area contributed by atoms with E-state index >= 15 is 0 Å². The minimum atomic E-state index is -0.472. The van der Waals surface area contributed by atoms with Crippen LogP contribution in [0.5, 0.6) is 0 Å². The van der Waals surface area contributed by atoms with Crippen LogP contribution >= 0.6 is 11.8 Å². The van der Waals surface area contributed by atoms with Gasteiger partial charge in [0.2, 0.25) is 0 Å². The highest BCUT2D eigenvalue weighted by molar-refractivity contribution is 7.98. The zero-order chi connectivity index (χ0) is 14.6. The van der Waals surface area contributed by atoms with E-state index in [9.17, 15) is 9.90 Å². The molecule has 0 bridgehead atoms. The molecule has 2 N–H and O–H groups in total. The minimum absolute atomic E-state index is 0.00204. The Kier molecular flexibility index (Phi) is 5.05. The second-order valence-electron chi connectivity index (χ2n) is 5.65. The van der Waals surface area contributed by atoms with E-state index in [1.165, 1.54) is 18.2 Å². The monoisotopic (exact) mass is 294 g/mol. The third-order valence-corrected chi connectivity index (χ3v) is 4.69. The molecule has 1 aliphatic rings. The Hall–Kier alpha value is -1.07. The smallest absolute Gasteiger partial charge is 0.254 e. The Morgan fingerprint density at radius 2 is 2.45 bits per heavy atom. The summed E-state index contributed by atoms with van der Waals surface area (Å²) in [6.07, 6.45) is 7.49. The van der Waals surface area contributed by atoms with Crippen molar-refractivity contribution in [2.45, 2.75) is 43.2 Å². The molecule has 1 heterocycles. The van der Waals surface area contributed by atoms with Crippen molar-refractivity contribution >= 4 is 17.7 Å². The molecule has 1 saturated carbocycles. The molecule has 0 spiro atoms. The van der Waals surface area contributed by atoms with Crippen molar-refractivity contribution < 1.29 is 9.90 Å². The number of aliphatic hydroxyl groups excluding tert-OH is 1. The fraction of sp³-hybridized carbons (Fsp3) is 0.600. The van der Waals surface area contributed by atoms with E-state index in [1.807, 2.05) is 6.26 Å². The predicted octanol–water partition coefficient (Wildman–Crippen LogP) is 2.47. The predicted molar refractivity (Wildman–Crippen MR) is 80.9 cm³/mol. The van der Waals surface area contributed by atoms with E-state index < -0.39 is 5.54 Å². The first-order chi connectivity index (χ1) is 9.60. The van der Waals surface area contributed by atoms with Gasteiger partial charge in [-0.25, -0.2) is 4.98 Å². The SMILES string of the molecule is CSc1ncccc1C(=O)NC1(CO)CCCC(C)C1. The third-order valence-electron chi connectivity index (χ3n) is 3.98. The molecule has 2 unspecified atom stereocenters. The number of thioether (sulfide) groups is 1. The zero-order valence-electron chi connectivity index (χ0n) is 12.1. The number of nitrogens with one attached hydrogen (secondary N) is 1. The number of aromatic nitrogens is 1. The van der Waals surface area contributed by atoms with E-state index in [2.05, 4.69) is 17.2 Å². The molecule has 1 aromatic rings. The van der Waals surface area contributed by atoms with E-state index in [0.717, 1.165) is 24.3 Å². The highest BCUT2D eigenvalue weighted by Crippen LogP contribution is 2.32. The highest BCUT2D eigenvalue weighted by Gasteiger charge is 2.36. The van der Waals surface area contributed by atoms with Gasteiger partial charge in [-0.15, -0.1) is 11.8 Å². The van der Waals surface area contributed by atoms with Crippen LogP contribution in [0.15, 0.2) is 23.4 Å². The standard InChI is InChI=1S/C15H22N2O2S/c1-11-5-3-7-15(9-11,10-18)17-13(19)12-6-4-8-16-14(12)20-2/h4,6,8,11,18H,3,5,7,9-10H2,1-2H3,(H,17,19). The van der Waals surface area contributed by atoms with Crippen molar-refractivity contribution in [3.63, 3.8) is 0 Å². The molecule has 2 rings (SSSR count). The zero-order valence-corrected chi connectivity index (χ0v) is 12.9. The summed E-state index contributed by atoms with van der Waals surface area (Å²) >= 11 is 1.46. The molecule has 2 atom stereocenters. The van der Waals surface area contributed by atoms with E-state index in [0.29, 0.717) is 11.5 Å². The lowest BCUT2D eigenvalue weighted by Crippen LogP contribution is -2.54. The normalized spacial score (nSPS) is 26.2. The van der Waals surface area contributed by atoms with Gasteiger partial charge in [0, 0.05) is 6.20 Å². The number of amides is 1. The molecule has 0 aromatic carbocycles. The number of carbonyl (C=O) groups excluding carboxylic acids is 1. The van der Waals surface area contributed by atoms with Crippen LogP contribution in [-0.2, 0) is 0 Å². The number of rotatable bonds is 4. The molecule has 110 valence electrons. The first-order valence-electron chi connectivity index (χ1n) is 7.02. The average molecular weight is 294 g/mol. The van der Waals surface area contributed by atoms with Gasteiger partial charge >= 0.3 is 0 Å². The van der Waals surface area contributed by atoms with Crippen molar-refractivity contribution in [2.24, 2.45) is 5.92 Å². The Balaban J connectivity index is 2.17. The molecule has 20 heavy (non-hydrogen) atoms. The largest absolute Gasteiger partial charge is 0.394 e. The lowest BCUT2D eigenvalue weighted by molar-refractivity contribution is 0.0694. The number of aliphatic hydroxyl groups is 1. The Bertz CT molecular complexity index is 481. The van der Waals surface area contributed by atoms with Crippen LogP contribution in [0, 0.1) is 5.92 Å². The van der Waals surface area contributed by atoms with E-state index in [4.69, 9.17) is 0 Å². The Morgan fingerprint density at radius 3 is 3.10 bits per heavy atom. The van der Waals surface area contributed by atoms with Crippen molar-refractivity contribution in [1.82, 2.24) is 10.3 Å². The quantitative estimate of drug-likeness (QED) is 0.838. The van der Waals surface area contributed by atoms with Crippen molar-refractivity contribution in [2.75, 3.05) is 12.9 Å². The summed E-state index contributed by atoms with van der Waals surface area (Å²) in [6, 6.07) is 3.55. The molecule has 0 saturated heterocycles. The Morgan fingerprint density at radius 1 is 1.65 bits per heavy atom. The van der Waals surface area contributed by atoms with Gasteiger partial charge in [-0.1, -0.05) is 19.8 Å². The van der Waals surface area contributed by atoms with Gasteiger partial charge in [-0.2, -0.15) is 0 Å². The second-order valence-corrected chi connectivity index (χ2v) is 6.45. The molecule has 1 aliphatic carbocycles. The second kappa shape index (κ2) is 6.59. The van der Waals surface area contributed by atoms with Crippen molar-refractivity contribution in [3.05, 3.63) is 23.9 Å². The molecule has 0 radical (unpaired) electrons. The average Bonchev–Trinajstić information content (AvgIpc) is 2.47. The first kappa shape index (κ1) is 15.3. The maximum Gasteiger partial charge on any atom is 0.254 e. The van der Waals surface area contributed by atoms with E-state index in [1.54, 1.807) is 18.3 Å². The van der Waals surface area contributed by atoms with E-state index in [-0.39, 0.29) is 12.5 Å². The van der Waals surface area contributed by atoms with Gasteiger partial charge in [0.1, 0.15) is 5.03 Å². The van der Waals surface area contributed by atoms with Crippen LogP contribution in [0.2, 0.25) is 0 Å². The maximum atomic E-state index is 12.5. The molecule has 1 amide bonds. The Labute approximate surface area is 124 Å². The van der Waals surface area contributed by atoms with Crippen LogP contribution in [0.4, 0.5) is 0 Å². The van der Waals surface area contributed by atoms with Gasteiger partial charge < -0.3 is 10.4 Å². The molecule has 1 fully saturated rings. The molecule has 0 aliphatic heterocycles. The number of carbonyl (C=O) groups is 1. The van der Waals surface area contributed by atoms with Gasteiger partial charge in [-0.05, 0) is 37.1 Å². The lowest BCUT2D eigenvalue weighted by Gasteiger charge is -2.39. The highest BCUT2D eigenvalue weighted by atomic mass is 32.2. The molecule has 5 heteroatoms. The summed E-state index contributed by atoms with van der Waals surface area (Å²) in [5.74, 6) is 0.399. The number of pyridine rings is 1. The van der Waals surface area contributed by atoms with Gasteiger partial charge in [0.25, 0.3) is 5.91 Å². The fourth-order valence-electron chi connectivity index (χ4n) is 2.99. The minimum Gasteiger partial charge on any atom is -0.394 e. The molecular weight excluding hydrogens is 272 g/mol. The molecule has 1 aromatic heterocycles. The van der Waals surface area contributed by atoms with Crippen LogP contribution in [-0.4, -0.2) is 34.4 Å². The summed E-state index contributed by atoms with van der Waals surface area (Å²) in [5, 5.41) is 13.5. The summed E-state index contributed by atoms with van der Waals surface area (Å²) in [4.78, 5) is 16.7. The van der Waals surface area contributed by atoms with Crippen LogP contribution in [0.1, 0.15) is 43.0 Å². The van der Waals surface area contributed by atoms with Crippen LogP contribution in [0.3, 0.4) is 0 Å². The lowest BCUT2D eigenvalue weighted by atomic mass is 9.76. The number of hydrogen-bond donors (Lipinski definition) is 2. The summed E-state index contributed by atoms with van der Waals surface area (Å²) < 4.78 is 0. The van der Waals surface area contributed by atoms with Crippen molar-refractivity contribution in [3.8, 4) is 0 Å². The molecular formula is C15H22N2O2S. The first-order valence-corrected chi connectivity index (χ1v) is 8.25. The number of nitrogens with zero attached hydrogens (tertiary/aromatic N) is 1. The fourth-order valence-corrected chi connectivity index (χ4v) is 3.54.